The third-order valence-electron chi connectivity index (χ3n) is 2.56. The first-order chi connectivity index (χ1) is 7.59. The second kappa shape index (κ2) is 4.05. The fourth-order valence-electron chi connectivity index (χ4n) is 1.60. The van der Waals surface area contributed by atoms with Crippen molar-refractivity contribution >= 4 is 5.97 Å². The first-order valence-electron chi connectivity index (χ1n) is 5.00. The van der Waals surface area contributed by atoms with Crippen molar-refractivity contribution in [2.24, 2.45) is 5.92 Å². The molecule has 0 aliphatic heterocycles. The van der Waals surface area contributed by atoms with Gasteiger partial charge in [-0.05, 0) is 12.8 Å². The smallest absolute Gasteiger partial charge is 0.313 e. The van der Waals surface area contributed by atoms with Gasteiger partial charge in [-0.25, -0.2) is 0 Å². The number of hydrogen-bond donors (Lipinski definition) is 1. The van der Waals surface area contributed by atoms with E-state index >= 15 is 0 Å². The number of carboxylic acids is 1. The molecule has 0 heterocycles. The maximum Gasteiger partial charge on any atom is 0.313 e. The average molecular weight is 225 g/mol. The number of hydrogen-bond acceptors (Lipinski definition) is 4. The van der Waals surface area contributed by atoms with Crippen molar-refractivity contribution in [3.63, 3.8) is 0 Å². The highest BCUT2D eigenvalue weighted by Crippen LogP contribution is 2.32. The Kier molecular flexibility index (Phi) is 2.74. The lowest BCUT2D eigenvalue weighted by Gasteiger charge is -2.21. The highest BCUT2D eigenvalue weighted by Gasteiger charge is 2.41. The van der Waals surface area contributed by atoms with Gasteiger partial charge in [-0.15, -0.1) is 0 Å². The topological polar surface area (TPSA) is 89.7 Å². The zero-order chi connectivity index (χ0) is 11.7. The van der Waals surface area contributed by atoms with Crippen LogP contribution in [0.15, 0.2) is 23.9 Å². The molecule has 16 heavy (non-hydrogen) atoms. The second-order valence-corrected chi connectivity index (χ2v) is 3.85. The Morgan fingerprint density at radius 1 is 1.56 bits per heavy atom. The molecule has 2 rings (SSSR count). The number of carboxylic acid groups (broad SMARTS) is 1. The quantitative estimate of drug-likeness (QED) is 0.568. The van der Waals surface area contributed by atoms with Crippen molar-refractivity contribution in [1.82, 2.24) is 0 Å². The number of ether oxygens (including phenoxy) is 1. The minimum atomic E-state index is -1.10. The van der Waals surface area contributed by atoms with E-state index in [-0.39, 0.29) is 11.8 Å². The van der Waals surface area contributed by atoms with Crippen LogP contribution in [0.1, 0.15) is 12.8 Å². The summed E-state index contributed by atoms with van der Waals surface area (Å²) in [7, 11) is 0. The Morgan fingerprint density at radius 2 is 2.25 bits per heavy atom. The standard InChI is InChI=1S/C10H11NO5/c12-10(13)7-2-1-3-8(11(14)15)9(7)16-6-4-5-6/h1-3,6-7,9H,4-5H2,(H,12,13). The monoisotopic (exact) mass is 225 g/mol. The van der Waals surface area contributed by atoms with Crippen LogP contribution in [0.3, 0.4) is 0 Å². The summed E-state index contributed by atoms with van der Waals surface area (Å²) in [4.78, 5) is 21.1. The van der Waals surface area contributed by atoms with Gasteiger partial charge >= 0.3 is 5.97 Å². The van der Waals surface area contributed by atoms with Crippen LogP contribution in [0.25, 0.3) is 0 Å². The molecular formula is C10H11NO5. The van der Waals surface area contributed by atoms with E-state index in [1.807, 2.05) is 0 Å². The Morgan fingerprint density at radius 3 is 2.75 bits per heavy atom. The molecule has 86 valence electrons. The van der Waals surface area contributed by atoms with E-state index in [0.29, 0.717) is 0 Å². The van der Waals surface area contributed by atoms with E-state index < -0.39 is 22.9 Å². The molecule has 2 unspecified atom stereocenters. The largest absolute Gasteiger partial charge is 0.481 e. The van der Waals surface area contributed by atoms with Crippen molar-refractivity contribution < 1.29 is 19.6 Å². The number of carbonyl (C=O) groups is 1. The Balaban J connectivity index is 2.21. The summed E-state index contributed by atoms with van der Waals surface area (Å²) in [5.41, 5.74) is -0.179. The van der Waals surface area contributed by atoms with Gasteiger partial charge < -0.3 is 9.84 Å². The summed E-state index contributed by atoms with van der Waals surface area (Å²) in [5.74, 6) is -2.07. The summed E-state index contributed by atoms with van der Waals surface area (Å²) in [6.07, 6.45) is 4.81. The third-order valence-corrected chi connectivity index (χ3v) is 2.56. The van der Waals surface area contributed by atoms with Crippen LogP contribution < -0.4 is 0 Å². The van der Waals surface area contributed by atoms with Crippen molar-refractivity contribution in [3.05, 3.63) is 34.0 Å². The molecule has 0 saturated heterocycles. The highest BCUT2D eigenvalue weighted by atomic mass is 16.6. The summed E-state index contributed by atoms with van der Waals surface area (Å²) in [5, 5.41) is 19.7. The van der Waals surface area contributed by atoms with Crippen molar-refractivity contribution in [2.75, 3.05) is 0 Å². The third kappa shape index (κ3) is 2.11. The highest BCUT2D eigenvalue weighted by molar-refractivity contribution is 5.74. The molecule has 2 atom stereocenters. The Hall–Kier alpha value is -1.69. The Labute approximate surface area is 91.4 Å². The fraction of sp³-hybridized carbons (Fsp3) is 0.500. The second-order valence-electron chi connectivity index (χ2n) is 3.85. The number of rotatable bonds is 4. The van der Waals surface area contributed by atoms with Gasteiger partial charge in [0, 0.05) is 6.08 Å². The molecule has 2 aliphatic carbocycles. The average Bonchev–Trinajstić information content (AvgIpc) is 3.01. The molecule has 1 N–H and O–H groups in total. The number of nitro groups is 1. The van der Waals surface area contributed by atoms with E-state index in [0.717, 1.165) is 12.8 Å². The predicted octanol–water partition coefficient (Wildman–Crippen LogP) is 0.965. The molecule has 1 saturated carbocycles. The van der Waals surface area contributed by atoms with Crippen LogP contribution in [0.2, 0.25) is 0 Å². The SMILES string of the molecule is O=C(O)C1C=CC=C([N+](=O)[O-])C1OC1CC1. The molecule has 0 aromatic heterocycles. The first kappa shape index (κ1) is 10.8. The van der Waals surface area contributed by atoms with Crippen molar-refractivity contribution in [2.45, 2.75) is 25.0 Å². The van der Waals surface area contributed by atoms with E-state index in [1.54, 1.807) is 0 Å². The van der Waals surface area contributed by atoms with Gasteiger partial charge in [0.25, 0.3) is 5.70 Å². The van der Waals surface area contributed by atoms with Crippen molar-refractivity contribution in [1.29, 1.82) is 0 Å². The summed E-state index contributed by atoms with van der Waals surface area (Å²) in [6.45, 7) is 0. The van der Waals surface area contributed by atoms with Crippen LogP contribution in [-0.4, -0.2) is 28.2 Å². The summed E-state index contributed by atoms with van der Waals surface area (Å²) in [6, 6.07) is 0. The van der Waals surface area contributed by atoms with Gasteiger partial charge in [0.1, 0.15) is 5.92 Å². The minimum Gasteiger partial charge on any atom is -0.481 e. The molecular weight excluding hydrogens is 214 g/mol. The maximum absolute atomic E-state index is 11.0. The molecule has 0 bridgehead atoms. The van der Waals surface area contributed by atoms with Crippen LogP contribution in [0, 0.1) is 16.0 Å². The molecule has 6 nitrogen and oxygen atoms in total. The predicted molar refractivity (Wildman–Crippen MR) is 53.2 cm³/mol. The van der Waals surface area contributed by atoms with E-state index in [4.69, 9.17) is 9.84 Å². The number of aliphatic carboxylic acids is 1. The minimum absolute atomic E-state index is 0.0262. The van der Waals surface area contributed by atoms with Gasteiger partial charge in [0.15, 0.2) is 6.10 Å². The van der Waals surface area contributed by atoms with Crippen LogP contribution in [0.4, 0.5) is 0 Å². The maximum atomic E-state index is 11.0. The number of nitrogens with zero attached hydrogens (tertiary/aromatic N) is 1. The van der Waals surface area contributed by atoms with Gasteiger partial charge in [-0.1, -0.05) is 12.2 Å². The molecule has 0 radical (unpaired) electrons. The molecule has 0 spiro atoms. The molecule has 1 fully saturated rings. The van der Waals surface area contributed by atoms with E-state index in [1.165, 1.54) is 18.2 Å². The molecule has 0 aromatic rings. The Bertz CT molecular complexity index is 383. The number of allylic oxidation sites excluding steroid dienone is 2. The fourth-order valence-corrected chi connectivity index (χ4v) is 1.60. The zero-order valence-electron chi connectivity index (χ0n) is 8.41. The first-order valence-corrected chi connectivity index (χ1v) is 5.00. The van der Waals surface area contributed by atoms with Crippen LogP contribution in [-0.2, 0) is 9.53 Å². The lowest BCUT2D eigenvalue weighted by atomic mass is 9.95. The van der Waals surface area contributed by atoms with Gasteiger partial charge in [-0.3, -0.25) is 14.9 Å². The lowest BCUT2D eigenvalue weighted by molar-refractivity contribution is -0.438. The zero-order valence-corrected chi connectivity index (χ0v) is 8.41. The van der Waals surface area contributed by atoms with Crippen LogP contribution in [0.5, 0.6) is 0 Å². The van der Waals surface area contributed by atoms with E-state index in [2.05, 4.69) is 0 Å². The summed E-state index contributed by atoms with van der Waals surface area (Å²) >= 11 is 0. The normalized spacial score (nSPS) is 28.6. The van der Waals surface area contributed by atoms with Gasteiger partial charge in [0.2, 0.25) is 0 Å². The summed E-state index contributed by atoms with van der Waals surface area (Å²) < 4.78 is 5.41. The van der Waals surface area contributed by atoms with Gasteiger partial charge in [0.05, 0.1) is 11.0 Å². The van der Waals surface area contributed by atoms with Crippen LogP contribution >= 0.6 is 0 Å². The molecule has 2 aliphatic rings. The lowest BCUT2D eigenvalue weighted by Crippen LogP contribution is -2.35. The van der Waals surface area contributed by atoms with E-state index in [9.17, 15) is 14.9 Å². The van der Waals surface area contributed by atoms with Crippen molar-refractivity contribution in [3.8, 4) is 0 Å². The van der Waals surface area contributed by atoms with Gasteiger partial charge in [-0.2, -0.15) is 0 Å². The molecule has 6 heteroatoms. The molecule has 0 aromatic carbocycles. The molecule has 0 amide bonds.